The number of nitrogens with zero attached hydrogens (tertiary/aromatic N) is 2. The van der Waals surface area contributed by atoms with Crippen LogP contribution in [0, 0.1) is 34.1 Å². The minimum atomic E-state index is -0.429. The Morgan fingerprint density at radius 3 is 1.50 bits per heavy atom. The van der Waals surface area contributed by atoms with Crippen molar-refractivity contribution in [3.63, 3.8) is 0 Å². The third-order valence-electron chi connectivity index (χ3n) is 3.17. The highest BCUT2D eigenvalue weighted by molar-refractivity contribution is 8.77. The zero-order valence-corrected chi connectivity index (χ0v) is 14.4. The molecule has 0 radical (unpaired) electrons. The minimum Gasteiger partial charge on any atom is -0.319 e. The number of rotatable bonds is 7. The summed E-state index contributed by atoms with van der Waals surface area (Å²) in [5.41, 5.74) is 2.48. The quantitative estimate of drug-likeness (QED) is 0.235. The molecule has 0 saturated heterocycles. The molecular formula is C14H14N4O4S2. The van der Waals surface area contributed by atoms with Crippen LogP contribution in [0.1, 0.15) is 11.1 Å². The van der Waals surface area contributed by atoms with E-state index in [-0.39, 0.29) is 11.4 Å². The summed E-state index contributed by atoms with van der Waals surface area (Å²) in [5, 5.41) is 21.8. The van der Waals surface area contributed by atoms with E-state index in [2.05, 4.69) is 9.44 Å². The predicted molar refractivity (Wildman–Crippen MR) is 98.1 cm³/mol. The molecule has 2 N–H and O–H groups in total. The molecule has 2 aromatic rings. The van der Waals surface area contributed by atoms with Gasteiger partial charge in [0, 0.05) is 45.2 Å². The fraction of sp³-hybridized carbons (Fsp3) is 0.143. The predicted octanol–water partition coefficient (Wildman–Crippen LogP) is 4.86. The molecule has 0 aromatic heterocycles. The third-order valence-corrected chi connectivity index (χ3v) is 4.64. The smallest absolute Gasteiger partial charge is 0.274 e. The molecule has 0 heterocycles. The van der Waals surface area contributed by atoms with Crippen molar-refractivity contribution in [2.75, 3.05) is 9.44 Å². The number of hydrogen-bond donors (Lipinski definition) is 2. The van der Waals surface area contributed by atoms with Crippen molar-refractivity contribution < 1.29 is 9.85 Å². The Balaban J connectivity index is 1.92. The Labute approximate surface area is 146 Å². The average Bonchev–Trinajstić information content (AvgIpc) is 2.53. The summed E-state index contributed by atoms with van der Waals surface area (Å²) in [6, 6.07) is 9.74. The molecule has 0 spiro atoms. The van der Waals surface area contributed by atoms with Gasteiger partial charge in [-0.05, 0) is 26.0 Å². The lowest BCUT2D eigenvalue weighted by Gasteiger charge is -2.07. The fourth-order valence-electron chi connectivity index (χ4n) is 1.88. The lowest BCUT2D eigenvalue weighted by Crippen LogP contribution is -1.95. The Morgan fingerprint density at radius 1 is 0.792 bits per heavy atom. The number of benzene rings is 2. The van der Waals surface area contributed by atoms with Crippen LogP contribution in [-0.2, 0) is 0 Å². The van der Waals surface area contributed by atoms with E-state index in [0.717, 1.165) is 0 Å². The summed E-state index contributed by atoms with van der Waals surface area (Å²) in [6.07, 6.45) is 0. The van der Waals surface area contributed by atoms with E-state index < -0.39 is 9.85 Å². The van der Waals surface area contributed by atoms with E-state index in [4.69, 9.17) is 0 Å². The molecule has 0 aliphatic rings. The van der Waals surface area contributed by atoms with Gasteiger partial charge in [0.1, 0.15) is 0 Å². The lowest BCUT2D eigenvalue weighted by atomic mass is 10.2. The average molecular weight is 366 g/mol. The van der Waals surface area contributed by atoms with Crippen molar-refractivity contribution >= 4 is 44.7 Å². The number of hydrogen-bond acceptors (Lipinski definition) is 8. The van der Waals surface area contributed by atoms with Crippen molar-refractivity contribution in [3.8, 4) is 0 Å². The zero-order valence-electron chi connectivity index (χ0n) is 12.8. The van der Waals surface area contributed by atoms with Gasteiger partial charge in [0.25, 0.3) is 11.4 Å². The summed E-state index contributed by atoms with van der Waals surface area (Å²) in [6.45, 7) is 3.35. The molecule has 24 heavy (non-hydrogen) atoms. The number of nitrogens with one attached hydrogen (secondary N) is 2. The van der Waals surface area contributed by atoms with Crippen LogP contribution in [-0.4, -0.2) is 9.85 Å². The molecule has 0 aliphatic carbocycles. The number of nitro benzene ring substituents is 2. The molecule has 0 bridgehead atoms. The van der Waals surface area contributed by atoms with Crippen molar-refractivity contribution in [1.29, 1.82) is 0 Å². The molecule has 0 amide bonds. The van der Waals surface area contributed by atoms with Crippen molar-refractivity contribution in [2.45, 2.75) is 13.8 Å². The topological polar surface area (TPSA) is 110 Å². The maximum Gasteiger partial charge on any atom is 0.274 e. The first-order valence-electron chi connectivity index (χ1n) is 6.73. The van der Waals surface area contributed by atoms with Gasteiger partial charge in [0.15, 0.2) is 0 Å². The zero-order chi connectivity index (χ0) is 17.7. The standard InChI is InChI=1S/C14H14N4O4S2/c1-9-3-5-11(7-13(9)17(19)20)15-23-24-16-12-6-4-10(2)14(8-12)18(21)22/h3-8,15-16H,1-2H3. The number of anilines is 2. The molecule has 2 aromatic carbocycles. The van der Waals surface area contributed by atoms with Crippen LogP contribution in [0.4, 0.5) is 22.7 Å². The first-order valence-corrected chi connectivity index (χ1v) is 8.88. The van der Waals surface area contributed by atoms with Crippen LogP contribution in [0.2, 0.25) is 0 Å². The fourth-order valence-corrected chi connectivity index (χ4v) is 3.23. The second kappa shape index (κ2) is 7.88. The molecule has 0 fully saturated rings. The highest BCUT2D eigenvalue weighted by atomic mass is 33.1. The molecule has 10 heteroatoms. The second-order valence-electron chi connectivity index (χ2n) is 4.89. The largest absolute Gasteiger partial charge is 0.319 e. The van der Waals surface area contributed by atoms with Crippen molar-refractivity contribution in [3.05, 3.63) is 67.8 Å². The van der Waals surface area contributed by atoms with Gasteiger partial charge < -0.3 is 9.44 Å². The SMILES string of the molecule is Cc1ccc(NSSNc2ccc(C)c([N+](=O)[O-])c2)cc1[N+](=O)[O-]. The van der Waals surface area contributed by atoms with Crippen LogP contribution in [0.5, 0.6) is 0 Å². The van der Waals surface area contributed by atoms with Crippen LogP contribution < -0.4 is 9.44 Å². The molecule has 0 unspecified atom stereocenters. The number of aryl methyl sites for hydroxylation is 2. The van der Waals surface area contributed by atoms with Gasteiger partial charge in [-0.1, -0.05) is 12.1 Å². The summed E-state index contributed by atoms with van der Waals surface area (Å²) in [5.74, 6) is 0. The van der Waals surface area contributed by atoms with Crippen molar-refractivity contribution in [1.82, 2.24) is 0 Å². The molecular weight excluding hydrogens is 352 g/mol. The van der Waals surface area contributed by atoms with E-state index in [0.29, 0.717) is 22.5 Å². The van der Waals surface area contributed by atoms with Gasteiger partial charge in [-0.25, -0.2) is 0 Å². The van der Waals surface area contributed by atoms with Gasteiger partial charge in [-0.2, -0.15) is 0 Å². The van der Waals surface area contributed by atoms with E-state index in [9.17, 15) is 20.2 Å². The van der Waals surface area contributed by atoms with Crippen LogP contribution in [0.25, 0.3) is 0 Å². The third kappa shape index (κ3) is 4.52. The van der Waals surface area contributed by atoms with Gasteiger partial charge in [-0.15, -0.1) is 0 Å². The number of nitro groups is 2. The Hall–Kier alpha value is -2.46. The Kier molecular flexibility index (Phi) is 5.88. The van der Waals surface area contributed by atoms with Crippen LogP contribution in [0.15, 0.2) is 36.4 Å². The normalized spacial score (nSPS) is 10.2. The first kappa shape index (κ1) is 17.9. The maximum absolute atomic E-state index is 10.9. The molecule has 126 valence electrons. The summed E-state index contributed by atoms with van der Waals surface area (Å²) in [7, 11) is 2.42. The molecule has 0 atom stereocenters. The maximum atomic E-state index is 10.9. The van der Waals surface area contributed by atoms with Crippen molar-refractivity contribution in [2.24, 2.45) is 0 Å². The van der Waals surface area contributed by atoms with E-state index in [1.807, 2.05) is 0 Å². The summed E-state index contributed by atoms with van der Waals surface area (Å²) >= 11 is 0. The Bertz CT molecular complexity index is 720. The molecule has 0 aliphatic heterocycles. The first-order chi connectivity index (χ1) is 11.4. The monoisotopic (exact) mass is 366 g/mol. The van der Waals surface area contributed by atoms with Crippen LogP contribution >= 0.6 is 22.0 Å². The second-order valence-corrected chi connectivity index (χ2v) is 6.63. The summed E-state index contributed by atoms with van der Waals surface area (Å²) in [4.78, 5) is 20.9. The van der Waals surface area contributed by atoms with Gasteiger partial charge in [-0.3, -0.25) is 20.2 Å². The van der Waals surface area contributed by atoms with E-state index >= 15 is 0 Å². The molecule has 0 saturated carbocycles. The molecule has 2 rings (SSSR count). The Morgan fingerprint density at radius 2 is 1.17 bits per heavy atom. The molecule has 8 nitrogen and oxygen atoms in total. The van der Waals surface area contributed by atoms with Gasteiger partial charge in [0.2, 0.25) is 0 Å². The minimum absolute atomic E-state index is 0.0488. The highest BCUT2D eigenvalue weighted by Crippen LogP contribution is 2.30. The van der Waals surface area contributed by atoms with Gasteiger partial charge >= 0.3 is 0 Å². The van der Waals surface area contributed by atoms with E-state index in [1.165, 1.54) is 34.1 Å². The summed E-state index contributed by atoms with van der Waals surface area (Å²) < 4.78 is 5.93. The lowest BCUT2D eigenvalue weighted by molar-refractivity contribution is -0.385. The van der Waals surface area contributed by atoms with Crippen LogP contribution in [0.3, 0.4) is 0 Å². The highest BCUT2D eigenvalue weighted by Gasteiger charge is 2.12. The van der Waals surface area contributed by atoms with Gasteiger partial charge in [0.05, 0.1) is 21.2 Å². The van der Waals surface area contributed by atoms with E-state index in [1.54, 1.807) is 38.1 Å².